The number of nitrogen functional groups attached to an aromatic ring is 1. The van der Waals surface area contributed by atoms with Crippen molar-refractivity contribution in [2.24, 2.45) is 5.84 Å². The van der Waals surface area contributed by atoms with Gasteiger partial charge in [0.1, 0.15) is 5.82 Å². The molecule has 0 spiro atoms. The number of nitrogens with two attached hydrogens (primary N) is 1. The Labute approximate surface area is 126 Å². The number of aromatic nitrogens is 2. The Balaban J connectivity index is 2.20. The van der Waals surface area contributed by atoms with Gasteiger partial charge in [-0.15, -0.1) is 11.3 Å². The number of nitrogens with one attached hydrogen (secondary N) is 1. The summed E-state index contributed by atoms with van der Waals surface area (Å²) in [5.41, 5.74) is 2.44. The number of hydrogen-bond donors (Lipinski definition) is 2. The van der Waals surface area contributed by atoms with Crippen LogP contribution in [0.3, 0.4) is 0 Å². The molecule has 5 nitrogen and oxygen atoms in total. The molecule has 0 fully saturated rings. The van der Waals surface area contributed by atoms with Gasteiger partial charge in [0.2, 0.25) is 5.95 Å². The fourth-order valence-electron chi connectivity index (χ4n) is 1.44. The van der Waals surface area contributed by atoms with Crippen LogP contribution in [0, 0.1) is 0 Å². The average Bonchev–Trinajstić information content (AvgIpc) is 2.75. The smallest absolute Gasteiger partial charge is 0.239 e. The van der Waals surface area contributed by atoms with Crippen LogP contribution in [0.4, 0.5) is 11.8 Å². The summed E-state index contributed by atoms with van der Waals surface area (Å²) in [6.07, 6.45) is 1.68. The second-order valence-corrected chi connectivity index (χ2v) is 6.36. The van der Waals surface area contributed by atoms with Crippen LogP contribution in [0.5, 0.6) is 0 Å². The van der Waals surface area contributed by atoms with E-state index < -0.39 is 0 Å². The van der Waals surface area contributed by atoms with E-state index in [1.807, 2.05) is 11.9 Å². The molecule has 2 heterocycles. The van der Waals surface area contributed by atoms with Gasteiger partial charge in [-0.1, -0.05) is 0 Å². The minimum Gasteiger partial charge on any atom is -0.353 e. The first-order chi connectivity index (χ1) is 8.60. The van der Waals surface area contributed by atoms with Gasteiger partial charge in [0, 0.05) is 28.0 Å². The molecule has 96 valence electrons. The third kappa shape index (κ3) is 3.19. The molecular weight excluding hydrogens is 382 g/mol. The van der Waals surface area contributed by atoms with Crippen LogP contribution in [0.25, 0.3) is 0 Å². The quantitative estimate of drug-likeness (QED) is 0.618. The Morgan fingerprint density at radius 2 is 2.28 bits per heavy atom. The molecule has 0 saturated heterocycles. The van der Waals surface area contributed by atoms with Crippen molar-refractivity contribution in [3.8, 4) is 0 Å². The van der Waals surface area contributed by atoms with Crippen LogP contribution in [0.1, 0.15) is 4.88 Å². The third-order valence-electron chi connectivity index (χ3n) is 2.23. The van der Waals surface area contributed by atoms with Crippen molar-refractivity contribution >= 4 is 55.0 Å². The van der Waals surface area contributed by atoms with Gasteiger partial charge in [0.25, 0.3) is 0 Å². The highest BCUT2D eigenvalue weighted by molar-refractivity contribution is 9.10. The molecule has 0 aliphatic carbocycles. The average molecular weight is 393 g/mol. The summed E-state index contributed by atoms with van der Waals surface area (Å²) in [5, 5.41) is 2.06. The highest BCUT2D eigenvalue weighted by atomic mass is 79.9. The van der Waals surface area contributed by atoms with Crippen LogP contribution in [-0.2, 0) is 6.54 Å². The second-order valence-electron chi connectivity index (χ2n) is 3.60. The molecule has 2 aromatic rings. The van der Waals surface area contributed by atoms with Crippen molar-refractivity contribution in [1.29, 1.82) is 0 Å². The summed E-state index contributed by atoms with van der Waals surface area (Å²) in [7, 11) is 1.97. The van der Waals surface area contributed by atoms with Crippen molar-refractivity contribution in [3.05, 3.63) is 31.5 Å². The lowest BCUT2D eigenvalue weighted by molar-refractivity contribution is 0.898. The van der Waals surface area contributed by atoms with Crippen LogP contribution in [0.2, 0.25) is 0 Å². The standard InChI is InChI=1S/C10H11Br2N5S/c1-17(4-7-2-6(11)5-18-7)9-8(12)3-14-10(15-9)16-13/h2-3,5H,4,13H2,1H3,(H,14,15,16). The first-order valence-corrected chi connectivity index (χ1v) is 7.50. The Kier molecular flexibility index (Phi) is 4.55. The van der Waals surface area contributed by atoms with Gasteiger partial charge >= 0.3 is 0 Å². The predicted molar refractivity (Wildman–Crippen MR) is 81.7 cm³/mol. The van der Waals surface area contributed by atoms with Crippen molar-refractivity contribution in [1.82, 2.24) is 9.97 Å². The van der Waals surface area contributed by atoms with E-state index in [1.165, 1.54) is 4.88 Å². The zero-order valence-electron chi connectivity index (χ0n) is 9.52. The number of hydrogen-bond acceptors (Lipinski definition) is 6. The topological polar surface area (TPSA) is 67.1 Å². The molecule has 0 aliphatic rings. The number of anilines is 2. The van der Waals surface area contributed by atoms with Crippen LogP contribution in [0.15, 0.2) is 26.6 Å². The molecule has 0 atom stereocenters. The number of rotatable bonds is 4. The molecule has 0 aliphatic heterocycles. The lowest BCUT2D eigenvalue weighted by atomic mass is 10.4. The SMILES string of the molecule is CN(Cc1cc(Br)cs1)c1nc(NN)ncc1Br. The van der Waals surface area contributed by atoms with Crippen LogP contribution in [-0.4, -0.2) is 17.0 Å². The number of halogens is 2. The summed E-state index contributed by atoms with van der Waals surface area (Å²) < 4.78 is 1.93. The van der Waals surface area contributed by atoms with E-state index in [9.17, 15) is 0 Å². The molecule has 0 bridgehead atoms. The maximum Gasteiger partial charge on any atom is 0.239 e. The Morgan fingerprint density at radius 3 is 2.89 bits per heavy atom. The largest absolute Gasteiger partial charge is 0.353 e. The van der Waals surface area contributed by atoms with Gasteiger partial charge in [0.15, 0.2) is 0 Å². The van der Waals surface area contributed by atoms with Crippen LogP contribution >= 0.6 is 43.2 Å². The summed E-state index contributed by atoms with van der Waals surface area (Å²) in [4.78, 5) is 11.6. The maximum atomic E-state index is 5.31. The van der Waals surface area contributed by atoms with E-state index in [4.69, 9.17) is 5.84 Å². The molecule has 8 heteroatoms. The molecule has 0 amide bonds. The van der Waals surface area contributed by atoms with Gasteiger partial charge in [-0.2, -0.15) is 4.98 Å². The summed E-state index contributed by atoms with van der Waals surface area (Å²) in [6.45, 7) is 0.774. The van der Waals surface area contributed by atoms with E-state index in [2.05, 4.69) is 58.7 Å². The van der Waals surface area contributed by atoms with Crippen molar-refractivity contribution in [3.63, 3.8) is 0 Å². The first-order valence-electron chi connectivity index (χ1n) is 5.03. The fourth-order valence-corrected chi connectivity index (χ4v) is 3.44. The minimum absolute atomic E-state index is 0.396. The van der Waals surface area contributed by atoms with Crippen molar-refractivity contribution in [2.45, 2.75) is 6.54 Å². The number of hydrazine groups is 1. The van der Waals surface area contributed by atoms with Gasteiger partial charge < -0.3 is 4.90 Å². The highest BCUT2D eigenvalue weighted by Crippen LogP contribution is 2.27. The molecule has 0 aromatic carbocycles. The van der Waals surface area contributed by atoms with E-state index in [0.29, 0.717) is 5.95 Å². The van der Waals surface area contributed by atoms with Crippen molar-refractivity contribution in [2.75, 3.05) is 17.4 Å². The van der Waals surface area contributed by atoms with Crippen molar-refractivity contribution < 1.29 is 0 Å². The summed E-state index contributed by atoms with van der Waals surface area (Å²) in [6, 6.07) is 2.10. The molecular formula is C10H11Br2N5S. The van der Waals surface area contributed by atoms with E-state index in [1.54, 1.807) is 17.5 Å². The predicted octanol–water partition coefficient (Wildman–Crippen LogP) is 2.99. The third-order valence-corrected chi connectivity index (χ3v) is 4.47. The molecule has 3 N–H and O–H groups in total. The Morgan fingerprint density at radius 1 is 1.50 bits per heavy atom. The molecule has 2 aromatic heterocycles. The van der Waals surface area contributed by atoms with Gasteiger partial charge in [-0.3, -0.25) is 5.43 Å². The molecule has 2 rings (SSSR count). The van der Waals surface area contributed by atoms with E-state index in [0.717, 1.165) is 21.3 Å². The molecule has 0 radical (unpaired) electrons. The highest BCUT2D eigenvalue weighted by Gasteiger charge is 2.11. The van der Waals surface area contributed by atoms with Gasteiger partial charge in [0.05, 0.1) is 11.0 Å². The lowest BCUT2D eigenvalue weighted by Gasteiger charge is -2.18. The van der Waals surface area contributed by atoms with Gasteiger partial charge in [-0.25, -0.2) is 10.8 Å². The van der Waals surface area contributed by atoms with Gasteiger partial charge in [-0.05, 0) is 37.9 Å². The second kappa shape index (κ2) is 5.96. The fraction of sp³-hybridized carbons (Fsp3) is 0.200. The Bertz CT molecular complexity index is 545. The molecule has 18 heavy (non-hydrogen) atoms. The monoisotopic (exact) mass is 391 g/mol. The lowest BCUT2D eigenvalue weighted by Crippen LogP contribution is -2.19. The minimum atomic E-state index is 0.396. The van der Waals surface area contributed by atoms with Crippen LogP contribution < -0.4 is 16.2 Å². The molecule has 0 saturated carbocycles. The Hall–Kier alpha value is -0.700. The zero-order valence-corrected chi connectivity index (χ0v) is 13.5. The maximum absolute atomic E-state index is 5.31. The number of thiophene rings is 1. The van der Waals surface area contributed by atoms with E-state index >= 15 is 0 Å². The first kappa shape index (κ1) is 13.7. The zero-order chi connectivity index (χ0) is 13.1. The normalized spacial score (nSPS) is 10.4. The number of nitrogens with zero attached hydrogens (tertiary/aromatic N) is 3. The summed E-state index contributed by atoms with van der Waals surface area (Å²) >= 11 is 8.58. The van der Waals surface area contributed by atoms with E-state index in [-0.39, 0.29) is 0 Å². The summed E-state index contributed by atoms with van der Waals surface area (Å²) in [5.74, 6) is 6.50. The molecule has 0 unspecified atom stereocenters.